The van der Waals surface area contributed by atoms with Crippen molar-refractivity contribution < 1.29 is 19.5 Å². The molecule has 38 heavy (non-hydrogen) atoms. The van der Waals surface area contributed by atoms with Gasteiger partial charge < -0.3 is 15.3 Å². The predicted octanol–water partition coefficient (Wildman–Crippen LogP) is 5.00. The molecule has 2 amide bonds. The maximum atomic E-state index is 14.0. The molecule has 0 radical (unpaired) electrons. The highest BCUT2D eigenvalue weighted by atomic mass is 16.4. The molecule has 0 unspecified atom stereocenters. The lowest BCUT2D eigenvalue weighted by Gasteiger charge is -2.47. The van der Waals surface area contributed by atoms with Gasteiger partial charge in [-0.3, -0.25) is 24.4 Å². The summed E-state index contributed by atoms with van der Waals surface area (Å²) in [6, 6.07) is 10.8. The summed E-state index contributed by atoms with van der Waals surface area (Å²) in [5, 5.41) is 11.4. The summed E-state index contributed by atoms with van der Waals surface area (Å²) in [7, 11) is 0. The standard InChI is InChI=1S/C30H38N4O4/c1-5-24(20-8-10-21(11-9-20)27(37)32-18-14-25(35)36)34-28(38)26(22-7-6-17-31-19-22)33-30(34)15-12-23(13-16-30)29(2,3)4/h6-11,17,19,23-24H,5,12-16,18H2,1-4H3,(H,32,37)(H,35,36)/t23?,24-,30?/m1/s1. The molecule has 1 spiro atoms. The number of carboxylic acid groups (broad SMARTS) is 1. The van der Waals surface area contributed by atoms with E-state index in [0.29, 0.717) is 23.6 Å². The van der Waals surface area contributed by atoms with Crippen LogP contribution in [0.25, 0.3) is 0 Å². The molecule has 2 N–H and O–H groups in total. The van der Waals surface area contributed by atoms with E-state index in [9.17, 15) is 14.4 Å². The van der Waals surface area contributed by atoms with E-state index in [1.54, 1.807) is 24.5 Å². The number of aliphatic imine (C=N–C) groups is 1. The number of nitrogens with zero attached hydrogens (tertiary/aromatic N) is 3. The fourth-order valence-electron chi connectivity index (χ4n) is 5.84. The highest BCUT2D eigenvalue weighted by Gasteiger charge is 2.52. The van der Waals surface area contributed by atoms with Crippen molar-refractivity contribution in [1.29, 1.82) is 0 Å². The summed E-state index contributed by atoms with van der Waals surface area (Å²) in [6.07, 6.45) is 7.60. The van der Waals surface area contributed by atoms with Crippen LogP contribution in [-0.2, 0) is 9.59 Å². The molecule has 2 heterocycles. The molecular formula is C30H38N4O4. The van der Waals surface area contributed by atoms with E-state index in [1.807, 2.05) is 29.2 Å². The Morgan fingerprint density at radius 1 is 1.16 bits per heavy atom. The minimum Gasteiger partial charge on any atom is -0.481 e. The van der Waals surface area contributed by atoms with Crippen LogP contribution < -0.4 is 5.32 Å². The normalized spacial score (nSPS) is 22.3. The molecule has 0 bridgehead atoms. The summed E-state index contributed by atoms with van der Waals surface area (Å²) >= 11 is 0. The summed E-state index contributed by atoms with van der Waals surface area (Å²) in [5.41, 5.74) is 2.21. The van der Waals surface area contributed by atoms with Crippen LogP contribution in [0.15, 0.2) is 53.8 Å². The van der Waals surface area contributed by atoms with E-state index in [1.165, 1.54) is 0 Å². The number of rotatable bonds is 8. The molecule has 8 nitrogen and oxygen atoms in total. The average Bonchev–Trinajstić information content (AvgIpc) is 3.16. The molecule has 1 aromatic carbocycles. The van der Waals surface area contributed by atoms with E-state index in [-0.39, 0.29) is 36.2 Å². The van der Waals surface area contributed by atoms with Crippen molar-refractivity contribution >= 4 is 23.5 Å². The van der Waals surface area contributed by atoms with Gasteiger partial charge in [0.1, 0.15) is 11.4 Å². The molecule has 1 aliphatic heterocycles. The highest BCUT2D eigenvalue weighted by Crippen LogP contribution is 2.49. The number of benzene rings is 1. The third-order valence-corrected chi connectivity index (χ3v) is 8.02. The first kappa shape index (κ1) is 27.5. The van der Waals surface area contributed by atoms with Gasteiger partial charge in [0, 0.05) is 30.1 Å². The lowest BCUT2D eigenvalue weighted by atomic mass is 9.69. The van der Waals surface area contributed by atoms with Crippen LogP contribution in [0.4, 0.5) is 0 Å². The number of aromatic nitrogens is 1. The Morgan fingerprint density at radius 3 is 2.39 bits per heavy atom. The lowest BCUT2D eigenvalue weighted by Crippen LogP contribution is -2.51. The first-order valence-corrected chi connectivity index (χ1v) is 13.5. The molecule has 2 aliphatic rings. The van der Waals surface area contributed by atoms with Crippen molar-refractivity contribution in [3.05, 3.63) is 65.5 Å². The van der Waals surface area contributed by atoms with Crippen LogP contribution in [0.1, 0.15) is 93.7 Å². The Morgan fingerprint density at radius 2 is 1.84 bits per heavy atom. The quantitative estimate of drug-likeness (QED) is 0.511. The van der Waals surface area contributed by atoms with Gasteiger partial charge >= 0.3 is 5.97 Å². The second-order valence-corrected chi connectivity index (χ2v) is 11.4. The molecular weight excluding hydrogens is 480 g/mol. The molecule has 2 aromatic rings. The number of hydrogen-bond acceptors (Lipinski definition) is 5. The van der Waals surface area contributed by atoms with Gasteiger partial charge in [-0.25, -0.2) is 0 Å². The van der Waals surface area contributed by atoms with Gasteiger partial charge in [0.05, 0.1) is 12.5 Å². The van der Waals surface area contributed by atoms with Crippen LogP contribution in [0.3, 0.4) is 0 Å². The van der Waals surface area contributed by atoms with Crippen molar-refractivity contribution in [1.82, 2.24) is 15.2 Å². The molecule has 1 aliphatic carbocycles. The van der Waals surface area contributed by atoms with Gasteiger partial charge in [0.15, 0.2) is 0 Å². The number of aliphatic carboxylic acids is 1. The van der Waals surface area contributed by atoms with Crippen LogP contribution in [0, 0.1) is 11.3 Å². The van der Waals surface area contributed by atoms with Gasteiger partial charge in [-0.05, 0) is 73.3 Å². The topological polar surface area (TPSA) is 112 Å². The smallest absolute Gasteiger partial charge is 0.305 e. The number of carbonyl (C=O) groups excluding carboxylic acids is 2. The largest absolute Gasteiger partial charge is 0.481 e. The van der Waals surface area contributed by atoms with Gasteiger partial charge in [0.2, 0.25) is 0 Å². The van der Waals surface area contributed by atoms with E-state index in [0.717, 1.165) is 36.8 Å². The summed E-state index contributed by atoms with van der Waals surface area (Å²) in [4.78, 5) is 48.6. The number of pyridine rings is 1. The second-order valence-electron chi connectivity index (χ2n) is 11.4. The Hall–Kier alpha value is -3.55. The van der Waals surface area contributed by atoms with Crippen LogP contribution in [-0.4, -0.2) is 50.7 Å². The monoisotopic (exact) mass is 518 g/mol. The van der Waals surface area contributed by atoms with Crippen molar-refractivity contribution in [2.24, 2.45) is 16.3 Å². The zero-order chi connectivity index (χ0) is 27.5. The Kier molecular flexibility index (Phi) is 7.99. The van der Waals surface area contributed by atoms with E-state index >= 15 is 0 Å². The van der Waals surface area contributed by atoms with Gasteiger partial charge in [-0.15, -0.1) is 0 Å². The maximum absolute atomic E-state index is 14.0. The average molecular weight is 519 g/mol. The third kappa shape index (κ3) is 5.64. The minimum atomic E-state index is -0.958. The molecule has 8 heteroatoms. The van der Waals surface area contributed by atoms with Crippen LogP contribution >= 0.6 is 0 Å². The molecule has 4 rings (SSSR count). The van der Waals surface area contributed by atoms with E-state index in [2.05, 4.69) is 38.0 Å². The lowest BCUT2D eigenvalue weighted by molar-refractivity contribution is -0.137. The highest BCUT2D eigenvalue weighted by molar-refractivity contribution is 6.46. The molecule has 1 atom stereocenters. The zero-order valence-electron chi connectivity index (χ0n) is 22.7. The SMILES string of the molecule is CC[C@H](c1ccc(C(=O)NCCC(=O)O)cc1)N1C(=O)C(c2cccnc2)=NC12CCC(C(C)(C)C)CC2. The Balaban J connectivity index is 1.63. The first-order chi connectivity index (χ1) is 18.1. The summed E-state index contributed by atoms with van der Waals surface area (Å²) in [6.45, 7) is 8.99. The Labute approximate surface area is 224 Å². The van der Waals surface area contributed by atoms with Gasteiger partial charge in [-0.1, -0.05) is 39.8 Å². The number of hydrogen-bond donors (Lipinski definition) is 2. The van der Waals surface area contributed by atoms with E-state index < -0.39 is 11.6 Å². The van der Waals surface area contributed by atoms with Crippen LogP contribution in [0.5, 0.6) is 0 Å². The van der Waals surface area contributed by atoms with Crippen molar-refractivity contribution in [2.45, 2.75) is 77.9 Å². The van der Waals surface area contributed by atoms with Gasteiger partial charge in [-0.2, -0.15) is 0 Å². The third-order valence-electron chi connectivity index (χ3n) is 8.02. The minimum absolute atomic E-state index is 0.0717. The van der Waals surface area contributed by atoms with Crippen LogP contribution in [0.2, 0.25) is 0 Å². The number of carbonyl (C=O) groups is 3. The van der Waals surface area contributed by atoms with Crippen molar-refractivity contribution in [3.8, 4) is 0 Å². The molecule has 1 saturated carbocycles. The molecule has 0 saturated heterocycles. The maximum Gasteiger partial charge on any atom is 0.305 e. The molecule has 202 valence electrons. The van der Waals surface area contributed by atoms with Crippen molar-refractivity contribution in [2.75, 3.05) is 6.54 Å². The summed E-state index contributed by atoms with van der Waals surface area (Å²) in [5.74, 6) is -0.779. The fourth-order valence-corrected chi connectivity index (χ4v) is 5.84. The van der Waals surface area contributed by atoms with E-state index in [4.69, 9.17) is 10.1 Å². The number of amides is 2. The Bertz CT molecular complexity index is 1190. The number of nitrogens with one attached hydrogen (secondary N) is 1. The predicted molar refractivity (Wildman–Crippen MR) is 146 cm³/mol. The second kappa shape index (κ2) is 11.1. The zero-order valence-corrected chi connectivity index (χ0v) is 22.7. The molecule has 1 aromatic heterocycles. The fraction of sp³-hybridized carbons (Fsp3) is 0.500. The first-order valence-electron chi connectivity index (χ1n) is 13.5. The molecule has 1 fully saturated rings. The number of carboxylic acids is 1. The van der Waals surface area contributed by atoms with Crippen molar-refractivity contribution in [3.63, 3.8) is 0 Å². The van der Waals surface area contributed by atoms with Gasteiger partial charge in [0.25, 0.3) is 11.8 Å². The summed E-state index contributed by atoms with van der Waals surface area (Å²) < 4.78 is 0.